The number of aliphatic hydroxyl groups excluding tert-OH is 1. The van der Waals surface area contributed by atoms with E-state index >= 15 is 0 Å². The number of carbonyl (C=O) groups is 1. The first-order chi connectivity index (χ1) is 7.65. The van der Waals surface area contributed by atoms with Crippen molar-refractivity contribution >= 4 is 5.91 Å². The molecule has 1 amide bonds. The second kappa shape index (κ2) is 6.21. The minimum Gasteiger partial charge on any atom is -0.396 e. The summed E-state index contributed by atoms with van der Waals surface area (Å²) in [4.78, 5) is 11.0. The Hall–Kier alpha value is -0.610. The van der Waals surface area contributed by atoms with Crippen LogP contribution in [0.4, 0.5) is 0 Å². The molecule has 1 rings (SSSR count). The molecule has 16 heavy (non-hydrogen) atoms. The summed E-state index contributed by atoms with van der Waals surface area (Å²) in [7, 11) is 0. The summed E-state index contributed by atoms with van der Waals surface area (Å²) in [5.74, 6) is 0.150. The first-order valence-corrected chi connectivity index (χ1v) is 6.26. The van der Waals surface area contributed by atoms with Crippen molar-refractivity contribution in [3.63, 3.8) is 0 Å². The van der Waals surface area contributed by atoms with Crippen molar-refractivity contribution in [1.82, 2.24) is 10.6 Å². The van der Waals surface area contributed by atoms with Crippen LogP contribution in [0.1, 0.15) is 39.5 Å². The maximum absolute atomic E-state index is 11.0. The quantitative estimate of drug-likeness (QED) is 0.625. The predicted molar refractivity (Wildman–Crippen MR) is 64.1 cm³/mol. The van der Waals surface area contributed by atoms with Crippen LogP contribution in [0.15, 0.2) is 0 Å². The molecule has 1 fully saturated rings. The van der Waals surface area contributed by atoms with Gasteiger partial charge in [0.1, 0.15) is 0 Å². The van der Waals surface area contributed by atoms with Gasteiger partial charge >= 0.3 is 0 Å². The molecule has 0 spiro atoms. The van der Waals surface area contributed by atoms with Gasteiger partial charge in [0.2, 0.25) is 5.91 Å². The fourth-order valence-electron chi connectivity index (χ4n) is 2.05. The lowest BCUT2D eigenvalue weighted by Gasteiger charge is -2.33. The number of nitrogens with one attached hydrogen (secondary N) is 2. The van der Waals surface area contributed by atoms with Gasteiger partial charge in [0, 0.05) is 37.6 Å². The number of amides is 1. The van der Waals surface area contributed by atoms with Gasteiger partial charge in [0.25, 0.3) is 0 Å². The van der Waals surface area contributed by atoms with E-state index in [1.807, 2.05) is 0 Å². The van der Waals surface area contributed by atoms with Gasteiger partial charge in [-0.2, -0.15) is 0 Å². The lowest BCUT2D eigenvalue weighted by atomic mass is 9.83. The van der Waals surface area contributed by atoms with Crippen molar-refractivity contribution in [2.75, 3.05) is 19.7 Å². The minimum atomic E-state index is 0.00144. The molecule has 0 saturated carbocycles. The Morgan fingerprint density at radius 1 is 1.50 bits per heavy atom. The Bertz CT molecular complexity index is 209. The van der Waals surface area contributed by atoms with Crippen LogP contribution in [0.5, 0.6) is 0 Å². The normalized spacial score (nSPS) is 21.9. The molecule has 0 aromatic heterocycles. The van der Waals surface area contributed by atoms with Gasteiger partial charge in [-0.3, -0.25) is 4.79 Å². The SMILES string of the molecule is CCC(CC)(CO)CNC1CCC(=O)NC1. The number of piperidine rings is 1. The highest BCUT2D eigenvalue weighted by Crippen LogP contribution is 2.24. The topological polar surface area (TPSA) is 61.4 Å². The Balaban J connectivity index is 2.34. The van der Waals surface area contributed by atoms with Crippen LogP contribution >= 0.6 is 0 Å². The molecule has 0 aromatic carbocycles. The molecule has 4 heteroatoms. The summed E-state index contributed by atoms with van der Waals surface area (Å²) in [6, 6.07) is 0.363. The molecule has 1 heterocycles. The minimum absolute atomic E-state index is 0.00144. The van der Waals surface area contributed by atoms with Gasteiger partial charge < -0.3 is 15.7 Å². The molecule has 1 aliphatic rings. The van der Waals surface area contributed by atoms with E-state index in [-0.39, 0.29) is 17.9 Å². The molecule has 0 radical (unpaired) electrons. The zero-order chi connectivity index (χ0) is 12.0. The van der Waals surface area contributed by atoms with Crippen LogP contribution in [0, 0.1) is 5.41 Å². The van der Waals surface area contributed by atoms with Crippen LogP contribution in [-0.2, 0) is 4.79 Å². The van der Waals surface area contributed by atoms with Crippen LogP contribution in [0.3, 0.4) is 0 Å². The van der Waals surface area contributed by atoms with E-state index in [2.05, 4.69) is 24.5 Å². The molecule has 1 atom stereocenters. The maximum atomic E-state index is 11.0. The van der Waals surface area contributed by atoms with Gasteiger partial charge in [0.15, 0.2) is 0 Å². The van der Waals surface area contributed by atoms with Crippen molar-refractivity contribution in [2.24, 2.45) is 5.41 Å². The molecule has 1 saturated heterocycles. The summed E-state index contributed by atoms with van der Waals surface area (Å²) in [5, 5.41) is 15.8. The highest BCUT2D eigenvalue weighted by atomic mass is 16.3. The second-order valence-corrected chi connectivity index (χ2v) is 4.79. The van der Waals surface area contributed by atoms with E-state index in [4.69, 9.17) is 0 Å². The largest absolute Gasteiger partial charge is 0.396 e. The number of rotatable bonds is 6. The highest BCUT2D eigenvalue weighted by molar-refractivity contribution is 5.76. The molecule has 1 aliphatic heterocycles. The van der Waals surface area contributed by atoms with Crippen LogP contribution in [0.25, 0.3) is 0 Å². The summed E-state index contributed by atoms with van der Waals surface area (Å²) < 4.78 is 0. The van der Waals surface area contributed by atoms with Crippen molar-refractivity contribution in [2.45, 2.75) is 45.6 Å². The Kier molecular flexibility index (Phi) is 5.22. The van der Waals surface area contributed by atoms with Crippen molar-refractivity contribution in [1.29, 1.82) is 0 Å². The molecule has 0 bridgehead atoms. The van der Waals surface area contributed by atoms with Gasteiger partial charge in [-0.05, 0) is 19.3 Å². The monoisotopic (exact) mass is 228 g/mol. The Morgan fingerprint density at radius 3 is 2.62 bits per heavy atom. The van der Waals surface area contributed by atoms with E-state index in [0.717, 1.165) is 25.8 Å². The van der Waals surface area contributed by atoms with Gasteiger partial charge in [-0.1, -0.05) is 13.8 Å². The molecule has 0 aromatic rings. The van der Waals surface area contributed by atoms with Crippen molar-refractivity contribution in [3.05, 3.63) is 0 Å². The van der Waals surface area contributed by atoms with E-state index in [9.17, 15) is 9.90 Å². The average molecular weight is 228 g/mol. The highest BCUT2D eigenvalue weighted by Gasteiger charge is 2.27. The Labute approximate surface area is 97.8 Å². The lowest BCUT2D eigenvalue weighted by molar-refractivity contribution is -0.122. The standard InChI is InChI=1S/C12H24N2O2/c1-3-12(4-2,9-15)8-14-10-5-6-11(16)13-7-10/h10,14-15H,3-9H2,1-2H3,(H,13,16). The summed E-state index contributed by atoms with van der Waals surface area (Å²) in [6.07, 6.45) is 3.47. The molecule has 1 unspecified atom stereocenters. The molecule has 4 nitrogen and oxygen atoms in total. The Morgan fingerprint density at radius 2 is 2.19 bits per heavy atom. The van der Waals surface area contributed by atoms with Gasteiger partial charge in [0.05, 0.1) is 0 Å². The van der Waals surface area contributed by atoms with E-state index in [1.54, 1.807) is 0 Å². The van der Waals surface area contributed by atoms with E-state index < -0.39 is 0 Å². The van der Waals surface area contributed by atoms with Crippen LogP contribution < -0.4 is 10.6 Å². The number of hydrogen-bond donors (Lipinski definition) is 3. The summed E-state index contributed by atoms with van der Waals surface area (Å²) in [6.45, 7) is 6.00. The van der Waals surface area contributed by atoms with E-state index in [1.165, 1.54) is 0 Å². The zero-order valence-corrected chi connectivity index (χ0v) is 10.4. The van der Waals surface area contributed by atoms with Gasteiger partial charge in [-0.15, -0.1) is 0 Å². The summed E-state index contributed by atoms with van der Waals surface area (Å²) in [5.41, 5.74) is 0.00144. The second-order valence-electron chi connectivity index (χ2n) is 4.79. The first kappa shape index (κ1) is 13.5. The first-order valence-electron chi connectivity index (χ1n) is 6.26. The fraction of sp³-hybridized carbons (Fsp3) is 0.917. The average Bonchev–Trinajstić information content (AvgIpc) is 2.34. The molecule has 3 N–H and O–H groups in total. The number of hydrogen-bond acceptors (Lipinski definition) is 3. The van der Waals surface area contributed by atoms with Crippen molar-refractivity contribution < 1.29 is 9.90 Å². The molecular formula is C12H24N2O2. The third-order valence-corrected chi connectivity index (χ3v) is 3.87. The fourth-order valence-corrected chi connectivity index (χ4v) is 2.05. The molecule has 94 valence electrons. The third-order valence-electron chi connectivity index (χ3n) is 3.87. The van der Waals surface area contributed by atoms with Crippen LogP contribution in [0.2, 0.25) is 0 Å². The third kappa shape index (κ3) is 3.46. The summed E-state index contributed by atoms with van der Waals surface area (Å²) >= 11 is 0. The smallest absolute Gasteiger partial charge is 0.220 e. The number of aliphatic hydroxyl groups is 1. The molecular weight excluding hydrogens is 204 g/mol. The maximum Gasteiger partial charge on any atom is 0.220 e. The van der Waals surface area contributed by atoms with Crippen LogP contribution in [-0.4, -0.2) is 36.8 Å². The van der Waals surface area contributed by atoms with Crippen molar-refractivity contribution in [3.8, 4) is 0 Å². The van der Waals surface area contributed by atoms with Gasteiger partial charge in [-0.25, -0.2) is 0 Å². The predicted octanol–water partition coefficient (Wildman–Crippen LogP) is 0.653. The van der Waals surface area contributed by atoms with E-state index in [0.29, 0.717) is 19.0 Å². The zero-order valence-electron chi connectivity index (χ0n) is 10.4. The number of carbonyl (C=O) groups excluding carboxylic acids is 1. The lowest BCUT2D eigenvalue weighted by Crippen LogP contribution is -2.49. The molecule has 0 aliphatic carbocycles.